The van der Waals surface area contributed by atoms with Gasteiger partial charge in [0.15, 0.2) is 0 Å². The van der Waals surface area contributed by atoms with Gasteiger partial charge in [-0.2, -0.15) is 0 Å². The standard InChI is InChI=1S/C22H25ClN4O5/c1-32-12-9-24-21(28)17-7-5-15(13-19(17)23)25-22(29)18-14-16(27(30)31)6-8-20(18)26-10-3-2-4-11-26/h5-8,13-14H,2-4,9-12H2,1H3,(H,24,28)(H,25,29). The molecule has 9 nitrogen and oxygen atoms in total. The number of nitrogens with zero attached hydrogens (tertiary/aromatic N) is 2. The average molecular weight is 461 g/mol. The number of nitrogens with one attached hydrogen (secondary N) is 2. The van der Waals surface area contributed by atoms with E-state index >= 15 is 0 Å². The molecule has 0 saturated carbocycles. The Morgan fingerprint density at radius 3 is 2.50 bits per heavy atom. The van der Waals surface area contributed by atoms with Gasteiger partial charge in [-0.25, -0.2) is 0 Å². The van der Waals surface area contributed by atoms with Gasteiger partial charge in [0.1, 0.15) is 0 Å². The summed E-state index contributed by atoms with van der Waals surface area (Å²) >= 11 is 6.25. The van der Waals surface area contributed by atoms with Crippen molar-refractivity contribution in [2.24, 2.45) is 0 Å². The monoisotopic (exact) mass is 460 g/mol. The molecule has 0 aromatic heterocycles. The first-order valence-corrected chi connectivity index (χ1v) is 10.7. The van der Waals surface area contributed by atoms with Crippen molar-refractivity contribution in [3.63, 3.8) is 0 Å². The highest BCUT2D eigenvalue weighted by molar-refractivity contribution is 6.34. The first-order chi connectivity index (χ1) is 15.4. The molecule has 3 rings (SSSR count). The Kier molecular flexibility index (Phi) is 8.02. The number of benzene rings is 2. The third-order valence-corrected chi connectivity index (χ3v) is 5.51. The Morgan fingerprint density at radius 2 is 1.84 bits per heavy atom. The third-order valence-electron chi connectivity index (χ3n) is 5.20. The number of hydrogen-bond acceptors (Lipinski definition) is 6. The molecule has 170 valence electrons. The lowest BCUT2D eigenvalue weighted by Gasteiger charge is -2.30. The molecule has 0 spiro atoms. The summed E-state index contributed by atoms with van der Waals surface area (Å²) in [6.07, 6.45) is 3.12. The summed E-state index contributed by atoms with van der Waals surface area (Å²) in [7, 11) is 1.54. The maximum atomic E-state index is 13.1. The van der Waals surface area contributed by atoms with E-state index in [1.165, 1.54) is 31.4 Å². The minimum atomic E-state index is -0.523. The van der Waals surface area contributed by atoms with Crippen molar-refractivity contribution in [1.29, 1.82) is 0 Å². The van der Waals surface area contributed by atoms with Gasteiger partial charge in [-0.3, -0.25) is 19.7 Å². The summed E-state index contributed by atoms with van der Waals surface area (Å²) in [6.45, 7) is 2.30. The van der Waals surface area contributed by atoms with Gasteiger partial charge in [0.05, 0.1) is 33.4 Å². The third kappa shape index (κ3) is 5.74. The zero-order valence-corrected chi connectivity index (χ0v) is 18.5. The number of rotatable bonds is 8. The summed E-state index contributed by atoms with van der Waals surface area (Å²) in [4.78, 5) is 38.1. The number of anilines is 2. The first kappa shape index (κ1) is 23.5. The predicted molar refractivity (Wildman–Crippen MR) is 123 cm³/mol. The second-order valence-electron chi connectivity index (χ2n) is 7.40. The molecule has 2 aromatic carbocycles. The van der Waals surface area contributed by atoms with Gasteiger partial charge >= 0.3 is 0 Å². The van der Waals surface area contributed by atoms with E-state index in [4.69, 9.17) is 16.3 Å². The molecule has 1 heterocycles. The van der Waals surface area contributed by atoms with Crippen LogP contribution in [-0.2, 0) is 4.74 Å². The zero-order chi connectivity index (χ0) is 23.1. The molecule has 10 heteroatoms. The number of amides is 2. The number of ether oxygens (including phenoxy) is 1. The Bertz CT molecular complexity index is 1010. The fourth-order valence-electron chi connectivity index (χ4n) is 3.57. The number of carbonyl (C=O) groups is 2. The predicted octanol–water partition coefficient (Wildman–Crippen LogP) is 3.87. The summed E-state index contributed by atoms with van der Waals surface area (Å²) in [5.41, 5.74) is 1.37. The second-order valence-corrected chi connectivity index (χ2v) is 7.81. The highest BCUT2D eigenvalue weighted by Gasteiger charge is 2.22. The normalized spacial score (nSPS) is 13.5. The summed E-state index contributed by atoms with van der Waals surface area (Å²) in [5, 5.41) is 16.9. The number of non-ortho nitro benzene ring substituents is 1. The molecule has 0 atom stereocenters. The van der Waals surface area contributed by atoms with Crippen LogP contribution in [0.25, 0.3) is 0 Å². The Balaban J connectivity index is 1.81. The molecule has 0 bridgehead atoms. The average Bonchev–Trinajstić information content (AvgIpc) is 2.79. The lowest BCUT2D eigenvalue weighted by atomic mass is 10.1. The lowest BCUT2D eigenvalue weighted by molar-refractivity contribution is -0.384. The zero-order valence-electron chi connectivity index (χ0n) is 17.7. The molecule has 2 N–H and O–H groups in total. The molecule has 2 aromatic rings. The van der Waals surface area contributed by atoms with Crippen molar-refractivity contribution < 1.29 is 19.2 Å². The topological polar surface area (TPSA) is 114 Å². The van der Waals surface area contributed by atoms with Crippen LogP contribution >= 0.6 is 11.6 Å². The van der Waals surface area contributed by atoms with Gasteiger partial charge in [-0.15, -0.1) is 0 Å². The lowest BCUT2D eigenvalue weighted by Crippen LogP contribution is -2.31. The highest BCUT2D eigenvalue weighted by Crippen LogP contribution is 2.29. The SMILES string of the molecule is COCCNC(=O)c1ccc(NC(=O)c2cc([N+](=O)[O-])ccc2N2CCCCC2)cc1Cl. The van der Waals surface area contributed by atoms with Crippen molar-refractivity contribution in [2.45, 2.75) is 19.3 Å². The van der Waals surface area contributed by atoms with Crippen LogP contribution < -0.4 is 15.5 Å². The van der Waals surface area contributed by atoms with Crippen molar-refractivity contribution in [3.05, 3.63) is 62.7 Å². The Labute approximate surface area is 190 Å². The van der Waals surface area contributed by atoms with E-state index in [1.807, 2.05) is 0 Å². The van der Waals surface area contributed by atoms with Gasteiger partial charge < -0.3 is 20.3 Å². The summed E-state index contributed by atoms with van der Waals surface area (Å²) < 4.78 is 4.90. The van der Waals surface area contributed by atoms with E-state index < -0.39 is 10.8 Å². The van der Waals surface area contributed by atoms with Gasteiger partial charge in [0, 0.05) is 44.6 Å². The minimum absolute atomic E-state index is 0.156. The summed E-state index contributed by atoms with van der Waals surface area (Å²) in [5.74, 6) is -0.835. The molecule has 0 unspecified atom stereocenters. The number of piperidine rings is 1. The largest absolute Gasteiger partial charge is 0.383 e. The van der Waals surface area contributed by atoms with Gasteiger partial charge in [-0.05, 0) is 43.5 Å². The van der Waals surface area contributed by atoms with E-state index in [0.717, 1.165) is 32.4 Å². The molecular weight excluding hydrogens is 436 g/mol. The second kappa shape index (κ2) is 10.9. The van der Waals surface area contributed by atoms with E-state index in [-0.39, 0.29) is 27.7 Å². The number of methoxy groups -OCH3 is 1. The number of hydrogen-bond donors (Lipinski definition) is 2. The molecule has 2 amide bonds. The smallest absolute Gasteiger partial charge is 0.270 e. The van der Waals surface area contributed by atoms with Crippen LogP contribution in [0.3, 0.4) is 0 Å². The van der Waals surface area contributed by atoms with Crippen LogP contribution in [0.1, 0.15) is 40.0 Å². The molecule has 0 aliphatic carbocycles. The van der Waals surface area contributed by atoms with Crippen LogP contribution in [0.4, 0.5) is 17.1 Å². The van der Waals surface area contributed by atoms with Crippen LogP contribution in [0.15, 0.2) is 36.4 Å². The van der Waals surface area contributed by atoms with Crippen molar-refractivity contribution in [2.75, 3.05) is 43.6 Å². The van der Waals surface area contributed by atoms with E-state index in [1.54, 1.807) is 12.1 Å². The van der Waals surface area contributed by atoms with Crippen molar-refractivity contribution in [1.82, 2.24) is 5.32 Å². The molecule has 1 saturated heterocycles. The van der Waals surface area contributed by atoms with E-state index in [2.05, 4.69) is 15.5 Å². The maximum absolute atomic E-state index is 13.1. The maximum Gasteiger partial charge on any atom is 0.270 e. The van der Waals surface area contributed by atoms with E-state index in [0.29, 0.717) is 24.5 Å². The van der Waals surface area contributed by atoms with E-state index in [9.17, 15) is 19.7 Å². The molecule has 1 fully saturated rings. The van der Waals surface area contributed by atoms with Crippen molar-refractivity contribution in [3.8, 4) is 0 Å². The number of nitro benzene ring substituents is 1. The van der Waals surface area contributed by atoms with Crippen LogP contribution in [0.5, 0.6) is 0 Å². The number of nitro groups is 1. The fourth-order valence-corrected chi connectivity index (χ4v) is 3.83. The van der Waals surface area contributed by atoms with Crippen LogP contribution in [0, 0.1) is 10.1 Å². The fraction of sp³-hybridized carbons (Fsp3) is 0.364. The molecule has 1 aliphatic heterocycles. The Hall–Kier alpha value is -3.17. The minimum Gasteiger partial charge on any atom is -0.383 e. The van der Waals surface area contributed by atoms with Gasteiger partial charge in [0.25, 0.3) is 17.5 Å². The molecule has 1 aliphatic rings. The molecule has 32 heavy (non-hydrogen) atoms. The van der Waals surface area contributed by atoms with Crippen LogP contribution in [0.2, 0.25) is 5.02 Å². The summed E-state index contributed by atoms with van der Waals surface area (Å²) in [6, 6.07) is 8.88. The number of halogens is 1. The van der Waals surface area contributed by atoms with Gasteiger partial charge in [0.2, 0.25) is 0 Å². The molecule has 0 radical (unpaired) electrons. The quantitative estimate of drug-likeness (QED) is 0.351. The Morgan fingerprint density at radius 1 is 1.09 bits per heavy atom. The number of carbonyl (C=O) groups excluding carboxylic acids is 2. The van der Waals surface area contributed by atoms with Gasteiger partial charge in [-0.1, -0.05) is 11.6 Å². The highest BCUT2D eigenvalue weighted by atomic mass is 35.5. The van der Waals surface area contributed by atoms with Crippen LogP contribution in [-0.4, -0.2) is 50.1 Å². The first-order valence-electron chi connectivity index (χ1n) is 10.3. The molecular formula is C22H25ClN4O5. The van der Waals surface area contributed by atoms with Crippen molar-refractivity contribution >= 4 is 40.5 Å².